The lowest BCUT2D eigenvalue weighted by Gasteiger charge is -2.04. The van der Waals surface area contributed by atoms with Crippen LogP contribution in [0.5, 0.6) is 0 Å². The van der Waals surface area contributed by atoms with Gasteiger partial charge in [-0.2, -0.15) is 5.54 Å². The zero-order chi connectivity index (χ0) is 11.4. The van der Waals surface area contributed by atoms with Gasteiger partial charge in [-0.05, 0) is 12.3 Å². The van der Waals surface area contributed by atoms with Crippen molar-refractivity contribution in [3.8, 4) is 0 Å². The van der Waals surface area contributed by atoms with Crippen LogP contribution in [0.1, 0.15) is 71.6 Å². The fraction of sp³-hybridized carbons (Fsp3) is 1.00. The van der Waals surface area contributed by atoms with Gasteiger partial charge in [0.2, 0.25) is 0 Å². The topological polar surface area (TPSA) is 12.0 Å². The summed E-state index contributed by atoms with van der Waals surface area (Å²) in [5, 5.41) is 0. The minimum absolute atomic E-state index is 0.522. The molecule has 0 bridgehead atoms. The zero-order valence-electron chi connectivity index (χ0n) is 10.5. The number of halogens is 1. The lowest BCUT2D eigenvalue weighted by Crippen LogP contribution is -2.01. The monoisotopic (exact) mass is 217 g/mol. The lowest BCUT2D eigenvalue weighted by atomic mass is 10.0. The summed E-state index contributed by atoms with van der Waals surface area (Å²) in [5.41, 5.74) is 1.70. The van der Waals surface area contributed by atoms with Gasteiger partial charge >= 0.3 is 0 Å². The molecule has 0 atom stereocenters. The molecular formula is C13H28FN. The Balaban J connectivity index is 2.87. The van der Waals surface area contributed by atoms with Gasteiger partial charge < -0.3 is 0 Å². The van der Waals surface area contributed by atoms with Crippen LogP contribution in [0.3, 0.4) is 0 Å². The Morgan fingerprint density at radius 1 is 0.800 bits per heavy atom. The third kappa shape index (κ3) is 13.9. The van der Waals surface area contributed by atoms with Crippen LogP contribution in [0.15, 0.2) is 0 Å². The van der Waals surface area contributed by atoms with Crippen molar-refractivity contribution in [2.45, 2.75) is 71.6 Å². The third-order valence-corrected chi connectivity index (χ3v) is 2.80. The quantitative estimate of drug-likeness (QED) is 0.393. The summed E-state index contributed by atoms with van der Waals surface area (Å²) in [6, 6.07) is 0. The molecule has 0 heterocycles. The predicted molar refractivity (Wildman–Crippen MR) is 65.5 cm³/mol. The molecule has 0 aliphatic rings. The van der Waals surface area contributed by atoms with E-state index in [1.807, 2.05) is 0 Å². The van der Waals surface area contributed by atoms with Crippen molar-refractivity contribution in [3.05, 3.63) is 0 Å². The first-order valence-corrected chi connectivity index (χ1v) is 6.61. The summed E-state index contributed by atoms with van der Waals surface area (Å²) < 4.78 is 11.5. The van der Waals surface area contributed by atoms with Crippen molar-refractivity contribution >= 4 is 0 Å². The highest BCUT2D eigenvalue weighted by atomic mass is 19.2. The van der Waals surface area contributed by atoms with Crippen molar-refractivity contribution in [3.63, 3.8) is 0 Å². The molecule has 2 heteroatoms. The van der Waals surface area contributed by atoms with Gasteiger partial charge in [0, 0.05) is 6.54 Å². The molecule has 0 aromatic rings. The van der Waals surface area contributed by atoms with Crippen LogP contribution in [-0.4, -0.2) is 6.54 Å². The Bertz CT molecular complexity index is 115. The van der Waals surface area contributed by atoms with Crippen LogP contribution in [0.25, 0.3) is 0 Å². The summed E-state index contributed by atoms with van der Waals surface area (Å²) in [5.74, 6) is 0.859. The summed E-state index contributed by atoms with van der Waals surface area (Å²) in [4.78, 5) is 0. The number of rotatable bonds is 11. The highest BCUT2D eigenvalue weighted by Gasteiger charge is 1.95. The molecule has 0 aliphatic heterocycles. The van der Waals surface area contributed by atoms with E-state index in [1.165, 1.54) is 51.4 Å². The molecule has 15 heavy (non-hydrogen) atoms. The molecule has 1 N–H and O–H groups in total. The van der Waals surface area contributed by atoms with Gasteiger partial charge in [0.15, 0.2) is 0 Å². The maximum Gasteiger partial charge on any atom is 0.0259 e. The van der Waals surface area contributed by atoms with Crippen molar-refractivity contribution in [2.24, 2.45) is 5.92 Å². The minimum atomic E-state index is 0.522. The van der Waals surface area contributed by atoms with Gasteiger partial charge in [-0.25, -0.2) is 0 Å². The Morgan fingerprint density at radius 3 is 1.73 bits per heavy atom. The second-order valence-electron chi connectivity index (χ2n) is 4.89. The summed E-state index contributed by atoms with van der Waals surface area (Å²) >= 11 is 0. The van der Waals surface area contributed by atoms with Crippen molar-refractivity contribution in [2.75, 3.05) is 6.54 Å². The van der Waals surface area contributed by atoms with Crippen LogP contribution in [0.2, 0.25) is 0 Å². The van der Waals surface area contributed by atoms with Gasteiger partial charge in [0.05, 0.1) is 0 Å². The van der Waals surface area contributed by atoms with E-state index < -0.39 is 0 Å². The normalized spacial score (nSPS) is 11.2. The molecule has 0 rings (SSSR count). The van der Waals surface area contributed by atoms with Gasteiger partial charge in [0.1, 0.15) is 0 Å². The first-order valence-electron chi connectivity index (χ1n) is 6.61. The second-order valence-corrected chi connectivity index (χ2v) is 4.89. The van der Waals surface area contributed by atoms with E-state index in [-0.39, 0.29) is 0 Å². The van der Waals surface area contributed by atoms with E-state index in [9.17, 15) is 4.48 Å². The van der Waals surface area contributed by atoms with E-state index in [2.05, 4.69) is 13.8 Å². The van der Waals surface area contributed by atoms with E-state index >= 15 is 0 Å². The molecule has 0 saturated heterocycles. The van der Waals surface area contributed by atoms with Gasteiger partial charge in [0.25, 0.3) is 0 Å². The molecule has 0 fully saturated rings. The average Bonchev–Trinajstić information content (AvgIpc) is 2.20. The Labute approximate surface area is 94.8 Å². The molecule has 0 aliphatic carbocycles. The van der Waals surface area contributed by atoms with E-state index in [1.54, 1.807) is 5.54 Å². The summed E-state index contributed by atoms with van der Waals surface area (Å²) in [6.07, 6.45) is 11.7. The Kier molecular flexibility index (Phi) is 11.9. The second kappa shape index (κ2) is 12.0. The maximum absolute atomic E-state index is 11.5. The average molecular weight is 217 g/mol. The van der Waals surface area contributed by atoms with E-state index in [4.69, 9.17) is 0 Å². The number of hydrogen-bond donors (Lipinski definition) is 1. The fourth-order valence-corrected chi connectivity index (χ4v) is 1.81. The van der Waals surface area contributed by atoms with Crippen LogP contribution >= 0.6 is 0 Å². The molecule has 0 amide bonds. The van der Waals surface area contributed by atoms with Crippen LogP contribution in [0.4, 0.5) is 4.48 Å². The molecular weight excluding hydrogens is 189 g/mol. The Morgan fingerprint density at radius 2 is 1.27 bits per heavy atom. The molecule has 0 aromatic heterocycles. The first kappa shape index (κ1) is 14.9. The molecule has 1 nitrogen and oxygen atoms in total. The SMILES string of the molecule is CC(C)CCCCCCCCCCNF. The molecule has 0 saturated carbocycles. The van der Waals surface area contributed by atoms with Crippen LogP contribution in [0, 0.1) is 5.92 Å². The number of hydrogen-bond acceptors (Lipinski definition) is 1. The molecule has 0 radical (unpaired) electrons. The van der Waals surface area contributed by atoms with Gasteiger partial charge in [-0.3, -0.25) is 0 Å². The van der Waals surface area contributed by atoms with Crippen LogP contribution in [-0.2, 0) is 0 Å². The third-order valence-electron chi connectivity index (χ3n) is 2.80. The number of nitrogens with one attached hydrogen (secondary N) is 1. The molecule has 0 spiro atoms. The van der Waals surface area contributed by atoms with E-state index in [0.717, 1.165) is 12.3 Å². The van der Waals surface area contributed by atoms with Crippen molar-refractivity contribution in [1.29, 1.82) is 0 Å². The smallest absolute Gasteiger partial charge is 0.0259 e. The van der Waals surface area contributed by atoms with Crippen LogP contribution < -0.4 is 5.54 Å². The first-order chi connectivity index (χ1) is 7.27. The lowest BCUT2D eigenvalue weighted by molar-refractivity contribution is 0.327. The Hall–Kier alpha value is -0.110. The minimum Gasteiger partial charge on any atom is -0.159 e. The predicted octanol–water partition coefficient (Wildman–Crippen LogP) is 4.63. The standard InChI is InChI=1S/C13H28FN/c1-13(2)11-9-7-5-3-4-6-8-10-12-15-14/h13,15H,3-12H2,1-2H3. The van der Waals surface area contributed by atoms with Gasteiger partial charge in [-0.15, -0.1) is 4.48 Å². The summed E-state index contributed by atoms with van der Waals surface area (Å²) in [6.45, 7) is 5.10. The summed E-state index contributed by atoms with van der Waals surface area (Å²) in [7, 11) is 0. The van der Waals surface area contributed by atoms with Crippen molar-refractivity contribution < 1.29 is 4.48 Å². The largest absolute Gasteiger partial charge is 0.159 e. The number of unbranched alkanes of at least 4 members (excludes halogenated alkanes) is 7. The highest BCUT2D eigenvalue weighted by Crippen LogP contribution is 2.12. The van der Waals surface area contributed by atoms with Crippen molar-refractivity contribution in [1.82, 2.24) is 5.54 Å². The fourth-order valence-electron chi connectivity index (χ4n) is 1.81. The van der Waals surface area contributed by atoms with Gasteiger partial charge in [-0.1, -0.05) is 65.2 Å². The molecule has 0 unspecified atom stereocenters. The molecule has 92 valence electrons. The zero-order valence-corrected chi connectivity index (χ0v) is 10.5. The van der Waals surface area contributed by atoms with E-state index in [0.29, 0.717) is 6.54 Å². The highest BCUT2D eigenvalue weighted by molar-refractivity contribution is 4.49. The molecule has 0 aromatic carbocycles. The maximum atomic E-state index is 11.5.